The maximum atomic E-state index is 9.55. The summed E-state index contributed by atoms with van der Waals surface area (Å²) in [5, 5.41) is 22.2. The van der Waals surface area contributed by atoms with E-state index >= 15 is 0 Å². The Morgan fingerprint density at radius 2 is 1.13 bits per heavy atom. The predicted octanol–water partition coefficient (Wildman–Crippen LogP) is 3.52. The molecule has 2 aliphatic rings. The minimum Gasteiger partial charge on any atom is -0.478 e. The number of hydrogen-bond donors (Lipinski definition) is 4. The van der Waals surface area contributed by atoms with Gasteiger partial charge >= 0.3 is 11.9 Å². The summed E-state index contributed by atoms with van der Waals surface area (Å²) in [7, 11) is 8.48. The fourth-order valence-electron chi connectivity index (χ4n) is 5.12. The number of benzene rings is 2. The van der Waals surface area contributed by atoms with Gasteiger partial charge in [-0.25, -0.2) is 9.59 Å². The lowest BCUT2D eigenvalue weighted by molar-refractivity contribution is -0.134. The van der Waals surface area contributed by atoms with E-state index in [1.165, 1.54) is 48.2 Å². The quantitative estimate of drug-likeness (QED) is 0.426. The summed E-state index contributed by atoms with van der Waals surface area (Å²) < 4.78 is 0. The van der Waals surface area contributed by atoms with Gasteiger partial charge in [0.25, 0.3) is 0 Å². The third-order valence-electron chi connectivity index (χ3n) is 6.87. The monoisotopic (exact) mass is 524 g/mol. The molecule has 0 aromatic heterocycles. The largest absolute Gasteiger partial charge is 0.478 e. The molecule has 0 saturated carbocycles. The molecule has 8 nitrogen and oxygen atoms in total. The average molecular weight is 525 g/mol. The number of rotatable bonds is 6. The Morgan fingerprint density at radius 3 is 1.47 bits per heavy atom. The van der Waals surface area contributed by atoms with Crippen LogP contribution in [0.25, 0.3) is 0 Å². The van der Waals surface area contributed by atoms with Gasteiger partial charge in [-0.1, -0.05) is 36.4 Å². The highest BCUT2D eigenvalue weighted by molar-refractivity contribution is 5.89. The van der Waals surface area contributed by atoms with E-state index in [9.17, 15) is 9.59 Å². The van der Waals surface area contributed by atoms with E-state index < -0.39 is 11.9 Å². The third-order valence-corrected chi connectivity index (χ3v) is 6.87. The van der Waals surface area contributed by atoms with Gasteiger partial charge in [0.05, 0.1) is 0 Å². The van der Waals surface area contributed by atoms with Crippen molar-refractivity contribution in [2.24, 2.45) is 11.8 Å². The van der Waals surface area contributed by atoms with Crippen LogP contribution in [0, 0.1) is 11.8 Å². The molecular formula is C30H44N4O4. The minimum absolute atomic E-state index is 0.558. The Hall–Kier alpha value is -3.36. The van der Waals surface area contributed by atoms with Crippen LogP contribution < -0.4 is 20.4 Å². The SMILES string of the molecule is CNCC1CCc2ccccc2N(C)C1.CNCC1CCc2ccccc2N(C)C1.O=C(O)C=CC(=O)O. The van der Waals surface area contributed by atoms with Crippen molar-refractivity contribution in [3.05, 3.63) is 71.8 Å². The number of aryl methyl sites for hydroxylation is 2. The van der Waals surface area contributed by atoms with Gasteiger partial charge in [-0.15, -0.1) is 0 Å². The highest BCUT2D eigenvalue weighted by atomic mass is 16.4. The van der Waals surface area contributed by atoms with Crippen molar-refractivity contribution in [1.82, 2.24) is 10.6 Å². The molecule has 8 heteroatoms. The Kier molecular flexibility index (Phi) is 13.4. The number of anilines is 2. The molecule has 0 spiro atoms. The lowest BCUT2D eigenvalue weighted by Crippen LogP contribution is -2.30. The normalized spacial score (nSPS) is 18.5. The van der Waals surface area contributed by atoms with Crippen molar-refractivity contribution in [2.45, 2.75) is 25.7 Å². The number of para-hydroxylation sites is 2. The minimum atomic E-state index is -1.26. The van der Waals surface area contributed by atoms with E-state index in [0.29, 0.717) is 12.2 Å². The van der Waals surface area contributed by atoms with Crippen LogP contribution >= 0.6 is 0 Å². The third kappa shape index (κ3) is 10.6. The maximum Gasteiger partial charge on any atom is 0.328 e. The second-order valence-electron chi connectivity index (χ2n) is 9.95. The summed E-state index contributed by atoms with van der Waals surface area (Å²) in [5.41, 5.74) is 5.82. The molecule has 38 heavy (non-hydrogen) atoms. The van der Waals surface area contributed by atoms with Gasteiger partial charge < -0.3 is 30.6 Å². The van der Waals surface area contributed by atoms with Crippen LogP contribution in [0.3, 0.4) is 0 Å². The molecule has 4 rings (SSSR count). The van der Waals surface area contributed by atoms with Gasteiger partial charge in [0.2, 0.25) is 0 Å². The van der Waals surface area contributed by atoms with Crippen LogP contribution in [0.4, 0.5) is 11.4 Å². The van der Waals surface area contributed by atoms with Gasteiger partial charge in [-0.3, -0.25) is 0 Å². The molecule has 0 saturated heterocycles. The molecule has 0 aliphatic carbocycles. The number of carbonyl (C=O) groups is 2. The molecule has 2 unspecified atom stereocenters. The molecule has 4 N–H and O–H groups in total. The highest BCUT2D eigenvalue weighted by Crippen LogP contribution is 2.27. The number of nitrogens with zero attached hydrogens (tertiary/aromatic N) is 2. The first kappa shape index (κ1) is 30.9. The summed E-state index contributed by atoms with van der Waals surface area (Å²) in [6.45, 7) is 4.58. The predicted molar refractivity (Wildman–Crippen MR) is 155 cm³/mol. The van der Waals surface area contributed by atoms with Gasteiger partial charge in [-0.05, 0) is 88.0 Å². The van der Waals surface area contributed by atoms with E-state index in [2.05, 4.69) is 83.1 Å². The van der Waals surface area contributed by atoms with E-state index in [1.54, 1.807) is 0 Å². The number of fused-ring (bicyclic) bond motifs is 2. The first-order chi connectivity index (χ1) is 18.2. The lowest BCUT2D eigenvalue weighted by atomic mass is 10.0. The molecule has 0 radical (unpaired) electrons. The molecule has 2 aromatic rings. The molecule has 0 amide bonds. The zero-order chi connectivity index (χ0) is 27.9. The van der Waals surface area contributed by atoms with Crippen molar-refractivity contribution in [3.63, 3.8) is 0 Å². The molecule has 2 atom stereocenters. The van der Waals surface area contributed by atoms with E-state index in [-0.39, 0.29) is 0 Å². The average Bonchev–Trinajstić information content (AvgIpc) is 3.16. The fourth-order valence-corrected chi connectivity index (χ4v) is 5.12. The Balaban J connectivity index is 0.000000211. The summed E-state index contributed by atoms with van der Waals surface area (Å²) in [6.07, 6.45) is 6.13. The van der Waals surface area contributed by atoms with Gasteiger partial charge in [-0.2, -0.15) is 0 Å². The molecule has 0 bridgehead atoms. The Morgan fingerprint density at radius 1 is 0.763 bits per heavy atom. The second-order valence-corrected chi connectivity index (χ2v) is 9.95. The van der Waals surface area contributed by atoms with Crippen LogP contribution in [0.1, 0.15) is 24.0 Å². The first-order valence-electron chi connectivity index (χ1n) is 13.3. The van der Waals surface area contributed by atoms with Crippen LogP contribution in [0.5, 0.6) is 0 Å². The summed E-state index contributed by atoms with van der Waals surface area (Å²) in [5.74, 6) is -0.973. The second kappa shape index (κ2) is 16.5. The smallest absolute Gasteiger partial charge is 0.328 e. The van der Waals surface area contributed by atoms with E-state index in [0.717, 1.165) is 38.0 Å². The molecule has 0 fully saturated rings. The number of nitrogens with one attached hydrogen (secondary N) is 2. The molecule has 208 valence electrons. The first-order valence-corrected chi connectivity index (χ1v) is 13.3. The Bertz CT molecular complexity index is 961. The number of aliphatic carboxylic acids is 2. The van der Waals surface area contributed by atoms with Crippen LogP contribution in [-0.2, 0) is 22.4 Å². The van der Waals surface area contributed by atoms with Crippen LogP contribution in [0.2, 0.25) is 0 Å². The molecular weight excluding hydrogens is 480 g/mol. The van der Waals surface area contributed by atoms with Crippen molar-refractivity contribution >= 4 is 23.3 Å². The van der Waals surface area contributed by atoms with Crippen molar-refractivity contribution in [3.8, 4) is 0 Å². The topological polar surface area (TPSA) is 105 Å². The summed E-state index contributed by atoms with van der Waals surface area (Å²) in [6, 6.07) is 17.5. The van der Waals surface area contributed by atoms with Crippen molar-refractivity contribution in [2.75, 3.05) is 64.2 Å². The maximum absolute atomic E-state index is 9.55. The van der Waals surface area contributed by atoms with E-state index in [4.69, 9.17) is 10.2 Å². The van der Waals surface area contributed by atoms with Gasteiger partial charge in [0, 0.05) is 50.7 Å². The summed E-state index contributed by atoms with van der Waals surface area (Å²) in [4.78, 5) is 23.9. The van der Waals surface area contributed by atoms with Crippen LogP contribution in [0.15, 0.2) is 60.7 Å². The molecule has 2 heterocycles. The molecule has 2 aromatic carbocycles. The van der Waals surface area contributed by atoms with Gasteiger partial charge in [0.15, 0.2) is 0 Å². The summed E-state index contributed by atoms with van der Waals surface area (Å²) >= 11 is 0. The number of carboxylic acids is 2. The zero-order valence-corrected chi connectivity index (χ0v) is 23.2. The zero-order valence-electron chi connectivity index (χ0n) is 23.2. The number of hydrogen-bond acceptors (Lipinski definition) is 6. The highest BCUT2D eigenvalue weighted by Gasteiger charge is 2.19. The molecule has 2 aliphatic heterocycles. The van der Waals surface area contributed by atoms with Crippen molar-refractivity contribution < 1.29 is 19.8 Å². The fraction of sp³-hybridized carbons (Fsp3) is 0.467. The number of carboxylic acid groups (broad SMARTS) is 2. The van der Waals surface area contributed by atoms with Gasteiger partial charge in [0.1, 0.15) is 0 Å². The Labute approximate surface area is 227 Å². The van der Waals surface area contributed by atoms with Crippen LogP contribution in [-0.4, -0.2) is 76.5 Å². The van der Waals surface area contributed by atoms with E-state index in [1.807, 2.05) is 14.1 Å². The van der Waals surface area contributed by atoms with Crippen molar-refractivity contribution in [1.29, 1.82) is 0 Å². The lowest BCUT2D eigenvalue weighted by Gasteiger charge is -2.23. The standard InChI is InChI=1S/2C13H20N2.C4H4O4/c2*1-14-9-11-7-8-12-5-3-4-6-13(12)15(2)10-11;5-3(6)1-2-4(7)8/h2*3-6,11,14H,7-10H2,1-2H3;1-2H,(H,5,6)(H,7,8).